The third-order valence-corrected chi connectivity index (χ3v) is 3.94. The summed E-state index contributed by atoms with van der Waals surface area (Å²) in [5, 5.41) is 5.75. The molecule has 1 aliphatic heterocycles. The maximum atomic E-state index is 12.2. The first-order valence-electron chi connectivity index (χ1n) is 7.11. The second kappa shape index (κ2) is 5.49. The van der Waals surface area contributed by atoms with Gasteiger partial charge in [0.25, 0.3) is 5.91 Å². The van der Waals surface area contributed by atoms with Crippen molar-refractivity contribution in [2.45, 2.75) is 25.7 Å². The number of nitrogens with one attached hydrogen (secondary N) is 2. The summed E-state index contributed by atoms with van der Waals surface area (Å²) in [6.07, 6.45) is 7.69. The second-order valence-electron chi connectivity index (χ2n) is 5.35. The first-order chi connectivity index (χ1) is 9.74. The Morgan fingerprint density at radius 2 is 2.20 bits per heavy atom. The summed E-state index contributed by atoms with van der Waals surface area (Å²) in [4.78, 5) is 24.0. The van der Waals surface area contributed by atoms with Crippen molar-refractivity contribution in [1.29, 1.82) is 0 Å². The average molecular weight is 270 g/mol. The third-order valence-electron chi connectivity index (χ3n) is 3.94. The van der Waals surface area contributed by atoms with E-state index < -0.39 is 0 Å². The smallest absolute Gasteiger partial charge is 0.251 e. The molecule has 20 heavy (non-hydrogen) atoms. The average Bonchev–Trinajstić information content (AvgIpc) is 2.49. The van der Waals surface area contributed by atoms with Gasteiger partial charge in [0.15, 0.2) is 0 Å². The molecule has 3 rings (SSSR count). The molecular weight excluding hydrogens is 252 g/mol. The molecule has 4 heteroatoms. The van der Waals surface area contributed by atoms with Gasteiger partial charge in [-0.15, -0.1) is 0 Å². The number of allylic oxidation sites excluding steroid dienone is 2. The highest BCUT2D eigenvalue weighted by Gasteiger charge is 2.20. The van der Waals surface area contributed by atoms with Gasteiger partial charge in [0.1, 0.15) is 0 Å². The molecule has 1 atom stereocenters. The van der Waals surface area contributed by atoms with Crippen LogP contribution in [0.5, 0.6) is 0 Å². The molecule has 1 aromatic rings. The van der Waals surface area contributed by atoms with Crippen LogP contribution in [0.2, 0.25) is 0 Å². The van der Waals surface area contributed by atoms with Crippen molar-refractivity contribution in [3.8, 4) is 0 Å². The topological polar surface area (TPSA) is 58.2 Å². The van der Waals surface area contributed by atoms with Crippen LogP contribution in [-0.2, 0) is 11.2 Å². The quantitative estimate of drug-likeness (QED) is 0.810. The van der Waals surface area contributed by atoms with E-state index in [0.29, 0.717) is 17.8 Å². The van der Waals surface area contributed by atoms with Crippen LogP contribution < -0.4 is 10.6 Å². The molecule has 2 amide bonds. The molecule has 2 N–H and O–H groups in total. The Labute approximate surface area is 118 Å². The molecule has 0 spiro atoms. The van der Waals surface area contributed by atoms with Crippen molar-refractivity contribution in [2.24, 2.45) is 5.92 Å². The van der Waals surface area contributed by atoms with Gasteiger partial charge in [-0.05, 0) is 43.4 Å². The Morgan fingerprint density at radius 3 is 3.00 bits per heavy atom. The van der Waals surface area contributed by atoms with E-state index in [4.69, 9.17) is 0 Å². The lowest BCUT2D eigenvalue weighted by atomic mass is 9.93. The Balaban J connectivity index is 1.74. The second-order valence-corrected chi connectivity index (χ2v) is 5.35. The van der Waals surface area contributed by atoms with Gasteiger partial charge < -0.3 is 10.6 Å². The standard InChI is InChI=1S/C16H18N2O2/c19-15(12-4-2-1-3-5-12)18-13-7-6-11-8-9-17-16(20)14(11)10-13/h1-2,6-7,10,12H,3-5,8-9H2,(H,17,20)(H,18,19). The minimum Gasteiger partial charge on any atom is -0.352 e. The molecule has 0 radical (unpaired) electrons. The van der Waals surface area contributed by atoms with Crippen molar-refractivity contribution in [3.63, 3.8) is 0 Å². The fourth-order valence-corrected chi connectivity index (χ4v) is 2.77. The number of anilines is 1. The van der Waals surface area contributed by atoms with Gasteiger partial charge in [0.2, 0.25) is 5.91 Å². The van der Waals surface area contributed by atoms with Crippen LogP contribution in [0.1, 0.15) is 35.2 Å². The minimum absolute atomic E-state index is 0.0462. The summed E-state index contributed by atoms with van der Waals surface area (Å²) in [5.74, 6) is 0.0401. The maximum absolute atomic E-state index is 12.2. The van der Waals surface area contributed by atoms with Crippen LogP contribution in [-0.4, -0.2) is 18.4 Å². The van der Waals surface area contributed by atoms with Crippen LogP contribution in [0.15, 0.2) is 30.4 Å². The number of fused-ring (bicyclic) bond motifs is 1. The molecule has 0 saturated heterocycles. The number of carbonyl (C=O) groups excluding carboxylic acids is 2. The van der Waals surface area contributed by atoms with Gasteiger partial charge >= 0.3 is 0 Å². The highest BCUT2D eigenvalue weighted by molar-refractivity contribution is 5.99. The van der Waals surface area contributed by atoms with Gasteiger partial charge in [-0.3, -0.25) is 9.59 Å². The number of hydrogen-bond acceptors (Lipinski definition) is 2. The fourth-order valence-electron chi connectivity index (χ4n) is 2.77. The Kier molecular flexibility index (Phi) is 3.54. The highest BCUT2D eigenvalue weighted by atomic mass is 16.2. The zero-order chi connectivity index (χ0) is 13.9. The monoisotopic (exact) mass is 270 g/mol. The van der Waals surface area contributed by atoms with Crippen molar-refractivity contribution in [1.82, 2.24) is 5.32 Å². The molecule has 1 aromatic carbocycles. The summed E-state index contributed by atoms with van der Waals surface area (Å²) in [5.41, 5.74) is 2.44. The van der Waals surface area contributed by atoms with E-state index in [0.717, 1.165) is 31.2 Å². The van der Waals surface area contributed by atoms with Crippen LogP contribution in [0, 0.1) is 5.92 Å². The van der Waals surface area contributed by atoms with Gasteiger partial charge in [-0.25, -0.2) is 0 Å². The summed E-state index contributed by atoms with van der Waals surface area (Å²) in [6.45, 7) is 0.686. The minimum atomic E-state index is -0.0528. The van der Waals surface area contributed by atoms with E-state index in [9.17, 15) is 9.59 Å². The van der Waals surface area contributed by atoms with Crippen molar-refractivity contribution >= 4 is 17.5 Å². The summed E-state index contributed by atoms with van der Waals surface area (Å²) in [7, 11) is 0. The van der Waals surface area contributed by atoms with E-state index in [1.54, 1.807) is 6.07 Å². The maximum Gasteiger partial charge on any atom is 0.251 e. The molecule has 0 aromatic heterocycles. The predicted molar refractivity (Wildman–Crippen MR) is 77.6 cm³/mol. The first kappa shape index (κ1) is 12.9. The van der Waals surface area contributed by atoms with E-state index in [-0.39, 0.29) is 17.7 Å². The fraction of sp³-hybridized carbons (Fsp3) is 0.375. The number of rotatable bonds is 2. The van der Waals surface area contributed by atoms with Crippen LogP contribution >= 0.6 is 0 Å². The zero-order valence-electron chi connectivity index (χ0n) is 11.3. The predicted octanol–water partition coefficient (Wildman–Crippen LogP) is 2.27. The SMILES string of the molecule is O=C1NCCc2ccc(NC(=O)C3CC=CCC3)cc21. The molecule has 4 nitrogen and oxygen atoms in total. The molecular formula is C16H18N2O2. The van der Waals surface area contributed by atoms with E-state index in [1.807, 2.05) is 12.1 Å². The molecule has 0 bridgehead atoms. The molecule has 0 saturated carbocycles. The lowest BCUT2D eigenvalue weighted by Gasteiger charge is -2.19. The van der Waals surface area contributed by atoms with E-state index in [2.05, 4.69) is 22.8 Å². The van der Waals surface area contributed by atoms with Crippen molar-refractivity contribution < 1.29 is 9.59 Å². The van der Waals surface area contributed by atoms with Crippen LogP contribution in [0.4, 0.5) is 5.69 Å². The Bertz CT molecular complexity index is 578. The summed E-state index contributed by atoms with van der Waals surface area (Å²) >= 11 is 0. The normalized spacial score (nSPS) is 21.0. The zero-order valence-corrected chi connectivity index (χ0v) is 11.3. The van der Waals surface area contributed by atoms with Gasteiger partial charge in [0.05, 0.1) is 0 Å². The van der Waals surface area contributed by atoms with E-state index in [1.165, 1.54) is 0 Å². The number of benzene rings is 1. The van der Waals surface area contributed by atoms with Gasteiger partial charge in [-0.1, -0.05) is 18.2 Å². The Morgan fingerprint density at radius 1 is 1.30 bits per heavy atom. The van der Waals surface area contributed by atoms with Crippen molar-refractivity contribution in [2.75, 3.05) is 11.9 Å². The number of carbonyl (C=O) groups is 2. The number of amides is 2. The molecule has 1 unspecified atom stereocenters. The third kappa shape index (κ3) is 2.59. The van der Waals surface area contributed by atoms with Crippen LogP contribution in [0.3, 0.4) is 0 Å². The molecule has 1 aliphatic carbocycles. The number of hydrogen-bond donors (Lipinski definition) is 2. The largest absolute Gasteiger partial charge is 0.352 e. The van der Waals surface area contributed by atoms with E-state index >= 15 is 0 Å². The highest BCUT2D eigenvalue weighted by Crippen LogP contribution is 2.22. The molecule has 0 fully saturated rings. The first-order valence-corrected chi connectivity index (χ1v) is 7.11. The summed E-state index contributed by atoms with van der Waals surface area (Å²) < 4.78 is 0. The Hall–Kier alpha value is -2.10. The van der Waals surface area contributed by atoms with Crippen LogP contribution in [0.25, 0.3) is 0 Å². The van der Waals surface area contributed by atoms with Gasteiger partial charge in [-0.2, -0.15) is 0 Å². The molecule has 104 valence electrons. The molecule has 1 heterocycles. The van der Waals surface area contributed by atoms with Gasteiger partial charge in [0, 0.05) is 23.7 Å². The van der Waals surface area contributed by atoms with Crippen molar-refractivity contribution in [3.05, 3.63) is 41.5 Å². The lowest BCUT2D eigenvalue weighted by molar-refractivity contribution is -0.120. The molecule has 2 aliphatic rings. The lowest BCUT2D eigenvalue weighted by Crippen LogP contribution is -2.32. The summed E-state index contributed by atoms with van der Waals surface area (Å²) in [6, 6.07) is 5.60.